The van der Waals surface area contributed by atoms with Gasteiger partial charge >= 0.3 is 0 Å². The molecular weight excluding hydrogens is 398 g/mol. The second-order valence-electron chi connectivity index (χ2n) is 8.77. The van der Waals surface area contributed by atoms with Gasteiger partial charge in [-0.05, 0) is 43.5 Å². The summed E-state index contributed by atoms with van der Waals surface area (Å²) in [7, 11) is 0. The van der Waals surface area contributed by atoms with E-state index in [0.29, 0.717) is 42.7 Å². The zero-order valence-electron chi connectivity index (χ0n) is 18.9. The number of carbonyl (C=O) groups excluding carboxylic acids is 2. The van der Waals surface area contributed by atoms with Gasteiger partial charge in [-0.1, -0.05) is 39.5 Å². The number of aromatic nitrogens is 4. The predicted molar refractivity (Wildman–Crippen MR) is 114 cm³/mol. The van der Waals surface area contributed by atoms with E-state index in [1.807, 2.05) is 4.90 Å². The van der Waals surface area contributed by atoms with Gasteiger partial charge in [-0.3, -0.25) is 14.8 Å². The van der Waals surface area contributed by atoms with Crippen molar-refractivity contribution in [1.82, 2.24) is 35.1 Å². The Bertz CT molecular complexity index is 703. The molecule has 1 aliphatic carbocycles. The Hall–Kier alpha value is -2.07. The first-order valence-corrected chi connectivity index (χ1v) is 11.8. The summed E-state index contributed by atoms with van der Waals surface area (Å²) < 4.78 is 0. The van der Waals surface area contributed by atoms with E-state index >= 15 is 0 Å². The minimum Gasteiger partial charge on any atom is -0.332 e. The number of hydrogen-bond acceptors (Lipinski definition) is 7. The number of tetrazole rings is 1. The lowest BCUT2D eigenvalue weighted by Crippen LogP contribution is -2.41. The molecule has 10 heteroatoms. The van der Waals surface area contributed by atoms with Gasteiger partial charge in [0.25, 0.3) is 0 Å². The maximum Gasteiger partial charge on any atom is 0.233 e. The second-order valence-corrected chi connectivity index (χ2v) is 8.77. The van der Waals surface area contributed by atoms with E-state index in [1.165, 1.54) is 12.8 Å². The van der Waals surface area contributed by atoms with Gasteiger partial charge in [-0.15, -0.1) is 10.2 Å². The smallest absolute Gasteiger partial charge is 0.233 e. The summed E-state index contributed by atoms with van der Waals surface area (Å²) in [6.07, 6.45) is 7.38. The van der Waals surface area contributed by atoms with Crippen molar-refractivity contribution in [3.05, 3.63) is 5.82 Å². The van der Waals surface area contributed by atoms with Crippen molar-refractivity contribution < 1.29 is 14.8 Å². The van der Waals surface area contributed by atoms with Crippen LogP contribution in [0.2, 0.25) is 0 Å². The Morgan fingerprint density at radius 2 is 1.97 bits per heavy atom. The molecule has 1 aromatic rings. The molecule has 3 rings (SSSR count). The molecule has 0 aromatic carbocycles. The molecule has 2 atom stereocenters. The highest BCUT2D eigenvalue weighted by Crippen LogP contribution is 2.35. The second kappa shape index (κ2) is 11.5. The third-order valence-electron chi connectivity index (χ3n) is 6.78. The quantitative estimate of drug-likeness (QED) is 0.303. The number of nitrogens with zero attached hydrogens (tertiary/aromatic N) is 7. The standard InChI is InChI=1S/C21H37N7O3/c1-3-25(4-2)12-13-28-23-20(22-24-28)19-10-7-11-27(19)21(30)18(15-26(31)16-29)14-17-8-5-6-9-17/h16-19,31H,3-15H2,1-2H3/t18-,19-/m0/s1. The van der Waals surface area contributed by atoms with Crippen LogP contribution in [0.3, 0.4) is 0 Å². The lowest BCUT2D eigenvalue weighted by molar-refractivity contribution is -0.157. The zero-order chi connectivity index (χ0) is 22.2. The molecular formula is C21H37N7O3. The van der Waals surface area contributed by atoms with Crippen molar-refractivity contribution >= 4 is 12.3 Å². The molecule has 1 aromatic heterocycles. The van der Waals surface area contributed by atoms with E-state index in [-0.39, 0.29) is 18.5 Å². The SMILES string of the molecule is CCN(CC)CCn1nnc([C@@H]2CCCN2C(=O)[C@@H](CC2CCCC2)CN(O)C=O)n1. The Morgan fingerprint density at radius 3 is 2.65 bits per heavy atom. The van der Waals surface area contributed by atoms with Crippen LogP contribution in [-0.4, -0.2) is 85.3 Å². The van der Waals surface area contributed by atoms with E-state index in [2.05, 4.69) is 34.2 Å². The molecule has 31 heavy (non-hydrogen) atoms. The van der Waals surface area contributed by atoms with Crippen LogP contribution in [0.25, 0.3) is 0 Å². The van der Waals surface area contributed by atoms with Gasteiger partial charge in [-0.2, -0.15) is 4.80 Å². The van der Waals surface area contributed by atoms with Crippen molar-refractivity contribution in [2.24, 2.45) is 11.8 Å². The minimum atomic E-state index is -0.406. The van der Waals surface area contributed by atoms with Crippen LogP contribution < -0.4 is 0 Å². The van der Waals surface area contributed by atoms with Gasteiger partial charge in [0, 0.05) is 13.1 Å². The topological polar surface area (TPSA) is 108 Å². The van der Waals surface area contributed by atoms with Gasteiger partial charge in [0.1, 0.15) is 0 Å². The number of hydrogen-bond donors (Lipinski definition) is 1. The Balaban J connectivity index is 1.66. The van der Waals surface area contributed by atoms with Gasteiger partial charge in [-0.25, -0.2) is 5.06 Å². The minimum absolute atomic E-state index is 0.0187. The first kappa shape index (κ1) is 23.6. The molecule has 2 heterocycles. The van der Waals surface area contributed by atoms with Crippen LogP contribution in [-0.2, 0) is 16.1 Å². The molecule has 2 aliphatic rings. The average molecular weight is 436 g/mol. The molecule has 1 saturated carbocycles. The number of carbonyl (C=O) groups is 2. The normalized spacial score (nSPS) is 20.5. The molecule has 10 nitrogen and oxygen atoms in total. The lowest BCUT2D eigenvalue weighted by Gasteiger charge is -2.29. The molecule has 0 spiro atoms. The van der Waals surface area contributed by atoms with Crippen LogP contribution in [0.1, 0.15) is 70.7 Å². The zero-order valence-corrected chi connectivity index (χ0v) is 18.9. The van der Waals surface area contributed by atoms with E-state index in [1.54, 1.807) is 4.80 Å². The molecule has 0 unspecified atom stereocenters. The van der Waals surface area contributed by atoms with Crippen LogP contribution in [0, 0.1) is 11.8 Å². The first-order chi connectivity index (χ1) is 15.0. The summed E-state index contributed by atoms with van der Waals surface area (Å²) in [6, 6.07) is -0.191. The number of rotatable bonds is 12. The summed E-state index contributed by atoms with van der Waals surface area (Å²) in [5.41, 5.74) is 0. The fourth-order valence-electron chi connectivity index (χ4n) is 4.96. The molecule has 2 amide bonds. The molecule has 2 fully saturated rings. The summed E-state index contributed by atoms with van der Waals surface area (Å²) >= 11 is 0. The van der Waals surface area contributed by atoms with Gasteiger partial charge in [0.2, 0.25) is 12.3 Å². The molecule has 1 N–H and O–H groups in total. The number of hydroxylamine groups is 2. The number of likely N-dealkylation sites (tertiary alicyclic amines) is 1. The van der Waals surface area contributed by atoms with Crippen molar-refractivity contribution in [2.45, 2.75) is 71.4 Å². The van der Waals surface area contributed by atoms with Gasteiger partial charge < -0.3 is 9.80 Å². The van der Waals surface area contributed by atoms with Crippen molar-refractivity contribution in [3.8, 4) is 0 Å². The van der Waals surface area contributed by atoms with Crippen LogP contribution in [0.5, 0.6) is 0 Å². The van der Waals surface area contributed by atoms with Crippen molar-refractivity contribution in [2.75, 3.05) is 32.7 Å². The average Bonchev–Trinajstić information content (AvgIpc) is 3.54. The largest absolute Gasteiger partial charge is 0.332 e. The molecule has 0 bridgehead atoms. The fraction of sp³-hybridized carbons (Fsp3) is 0.857. The van der Waals surface area contributed by atoms with E-state index in [4.69, 9.17) is 0 Å². The van der Waals surface area contributed by atoms with Crippen molar-refractivity contribution in [1.29, 1.82) is 0 Å². The van der Waals surface area contributed by atoms with Crippen molar-refractivity contribution in [3.63, 3.8) is 0 Å². The molecule has 1 saturated heterocycles. The number of likely N-dealkylation sites (N-methyl/N-ethyl adjacent to an activating group) is 1. The van der Waals surface area contributed by atoms with Crippen LogP contribution in [0.4, 0.5) is 0 Å². The summed E-state index contributed by atoms with van der Waals surface area (Å²) in [4.78, 5) is 30.2. The molecule has 1 aliphatic heterocycles. The van der Waals surface area contributed by atoms with Gasteiger partial charge in [0.05, 0.1) is 25.0 Å². The number of amides is 2. The van der Waals surface area contributed by atoms with Gasteiger partial charge in [0.15, 0.2) is 5.82 Å². The predicted octanol–water partition coefficient (Wildman–Crippen LogP) is 1.72. The summed E-state index contributed by atoms with van der Waals surface area (Å²) in [5.74, 6) is 0.641. The van der Waals surface area contributed by atoms with E-state index in [0.717, 1.165) is 45.3 Å². The Kier molecular flexibility index (Phi) is 8.77. The fourth-order valence-corrected chi connectivity index (χ4v) is 4.96. The Morgan fingerprint density at radius 1 is 1.23 bits per heavy atom. The molecule has 174 valence electrons. The van der Waals surface area contributed by atoms with Crippen LogP contribution in [0.15, 0.2) is 0 Å². The first-order valence-electron chi connectivity index (χ1n) is 11.8. The van der Waals surface area contributed by atoms with E-state index < -0.39 is 5.92 Å². The maximum atomic E-state index is 13.5. The molecule has 0 radical (unpaired) electrons. The summed E-state index contributed by atoms with van der Waals surface area (Å²) in [6.45, 7) is 8.42. The summed E-state index contributed by atoms with van der Waals surface area (Å²) in [5, 5.41) is 23.4. The van der Waals surface area contributed by atoms with Crippen LogP contribution >= 0.6 is 0 Å². The monoisotopic (exact) mass is 435 g/mol. The maximum absolute atomic E-state index is 13.5. The third-order valence-corrected chi connectivity index (χ3v) is 6.78. The Labute approximate surface area is 184 Å². The van der Waals surface area contributed by atoms with E-state index in [9.17, 15) is 14.8 Å². The highest BCUT2D eigenvalue weighted by atomic mass is 16.5. The third kappa shape index (κ3) is 6.22. The highest BCUT2D eigenvalue weighted by Gasteiger charge is 2.38. The highest BCUT2D eigenvalue weighted by molar-refractivity contribution is 5.80. The lowest BCUT2D eigenvalue weighted by atomic mass is 9.91.